The van der Waals surface area contributed by atoms with Gasteiger partial charge in [-0.1, -0.05) is 25.1 Å². The molecule has 2 atom stereocenters. The number of hydrogen-bond acceptors (Lipinski definition) is 4. The van der Waals surface area contributed by atoms with E-state index in [-0.39, 0.29) is 12.7 Å². The Morgan fingerprint density at radius 2 is 1.83 bits per heavy atom. The molecule has 0 aliphatic carbocycles. The Morgan fingerprint density at radius 3 is 2.50 bits per heavy atom. The highest BCUT2D eigenvalue weighted by molar-refractivity contribution is 5.31. The monoisotopic (exact) mass is 253 g/mol. The smallest absolute Gasteiger partial charge is 0.122 e. The average molecular weight is 253 g/mol. The lowest BCUT2D eigenvalue weighted by atomic mass is 10.2. The van der Waals surface area contributed by atoms with Crippen LogP contribution in [0.1, 0.15) is 18.9 Å². The van der Waals surface area contributed by atoms with E-state index in [1.807, 2.05) is 38.1 Å². The van der Waals surface area contributed by atoms with Gasteiger partial charge in [0.2, 0.25) is 0 Å². The first-order valence-electron chi connectivity index (χ1n) is 6.38. The fourth-order valence-electron chi connectivity index (χ4n) is 1.52. The lowest BCUT2D eigenvalue weighted by Gasteiger charge is -2.15. The summed E-state index contributed by atoms with van der Waals surface area (Å²) in [5, 5.41) is 22.1. The minimum atomic E-state index is -0.575. The predicted molar refractivity (Wildman–Crippen MR) is 71.8 cm³/mol. The molecule has 0 bridgehead atoms. The van der Waals surface area contributed by atoms with Gasteiger partial charge >= 0.3 is 0 Å². The second-order valence-corrected chi connectivity index (χ2v) is 4.45. The van der Waals surface area contributed by atoms with Crippen molar-refractivity contribution in [3.05, 3.63) is 29.8 Å². The molecule has 0 saturated heterocycles. The Hall–Kier alpha value is -1.10. The Kier molecular flexibility index (Phi) is 6.72. The summed E-state index contributed by atoms with van der Waals surface area (Å²) in [7, 11) is 0. The molecule has 18 heavy (non-hydrogen) atoms. The number of nitrogens with one attached hydrogen (secondary N) is 1. The van der Waals surface area contributed by atoms with Gasteiger partial charge in [-0.2, -0.15) is 0 Å². The van der Waals surface area contributed by atoms with Crippen LogP contribution in [0.15, 0.2) is 24.3 Å². The van der Waals surface area contributed by atoms with Crippen molar-refractivity contribution in [2.45, 2.75) is 32.5 Å². The van der Waals surface area contributed by atoms with Gasteiger partial charge in [0.15, 0.2) is 0 Å². The molecule has 0 aliphatic heterocycles. The average Bonchev–Trinajstić information content (AvgIpc) is 2.37. The fourth-order valence-corrected chi connectivity index (χ4v) is 1.52. The maximum atomic E-state index is 9.72. The Labute approximate surface area is 109 Å². The lowest BCUT2D eigenvalue weighted by molar-refractivity contribution is 0.0989. The van der Waals surface area contributed by atoms with E-state index in [4.69, 9.17) is 4.74 Å². The third-order valence-corrected chi connectivity index (χ3v) is 2.76. The summed E-state index contributed by atoms with van der Waals surface area (Å²) in [4.78, 5) is 0. The van der Waals surface area contributed by atoms with Crippen molar-refractivity contribution in [2.24, 2.45) is 0 Å². The lowest BCUT2D eigenvalue weighted by Crippen LogP contribution is -2.35. The first-order valence-corrected chi connectivity index (χ1v) is 6.38. The molecule has 102 valence electrons. The maximum Gasteiger partial charge on any atom is 0.122 e. The van der Waals surface area contributed by atoms with E-state index in [0.717, 1.165) is 11.3 Å². The predicted octanol–water partition coefficient (Wildman–Crippen LogP) is 1.10. The number of aliphatic hydroxyl groups excluding tert-OH is 2. The van der Waals surface area contributed by atoms with Gasteiger partial charge in [0.25, 0.3) is 0 Å². The Morgan fingerprint density at radius 1 is 1.17 bits per heavy atom. The highest BCUT2D eigenvalue weighted by atomic mass is 16.5. The molecule has 0 saturated carbocycles. The van der Waals surface area contributed by atoms with Crippen molar-refractivity contribution >= 4 is 0 Å². The summed E-state index contributed by atoms with van der Waals surface area (Å²) >= 11 is 0. The SMILES string of the molecule is CCC(O)CNCC(O)COc1ccccc1C. The number of benzene rings is 1. The molecule has 0 aliphatic rings. The molecule has 0 aromatic heterocycles. The highest BCUT2D eigenvalue weighted by Crippen LogP contribution is 2.16. The van der Waals surface area contributed by atoms with Crippen LogP contribution in [0.5, 0.6) is 5.75 Å². The van der Waals surface area contributed by atoms with Gasteiger partial charge in [0, 0.05) is 13.1 Å². The number of hydrogen-bond donors (Lipinski definition) is 3. The first kappa shape index (κ1) is 15.0. The highest BCUT2D eigenvalue weighted by Gasteiger charge is 2.07. The van der Waals surface area contributed by atoms with Crippen LogP contribution in [0.2, 0.25) is 0 Å². The zero-order valence-electron chi connectivity index (χ0n) is 11.1. The molecule has 4 heteroatoms. The molecule has 0 fully saturated rings. The third-order valence-electron chi connectivity index (χ3n) is 2.76. The van der Waals surface area contributed by atoms with Crippen LogP contribution in [0, 0.1) is 6.92 Å². The summed E-state index contributed by atoms with van der Waals surface area (Å²) < 4.78 is 5.53. The summed E-state index contributed by atoms with van der Waals surface area (Å²) in [6.07, 6.45) is -0.217. The van der Waals surface area contributed by atoms with Gasteiger partial charge in [-0.05, 0) is 25.0 Å². The molecule has 4 nitrogen and oxygen atoms in total. The summed E-state index contributed by atoms with van der Waals surface area (Å²) in [6, 6.07) is 7.71. The Balaban J connectivity index is 2.21. The van der Waals surface area contributed by atoms with E-state index in [1.54, 1.807) is 0 Å². The second-order valence-electron chi connectivity index (χ2n) is 4.45. The van der Waals surface area contributed by atoms with Crippen LogP contribution >= 0.6 is 0 Å². The van der Waals surface area contributed by atoms with E-state index in [9.17, 15) is 10.2 Å². The normalized spacial score (nSPS) is 14.2. The molecular formula is C14H23NO3. The van der Waals surface area contributed by atoms with E-state index in [2.05, 4.69) is 5.32 Å². The zero-order chi connectivity index (χ0) is 13.4. The number of aliphatic hydroxyl groups is 2. The third kappa shape index (κ3) is 5.49. The minimum Gasteiger partial charge on any atom is -0.491 e. The van der Waals surface area contributed by atoms with Gasteiger partial charge in [-0.15, -0.1) is 0 Å². The zero-order valence-corrected chi connectivity index (χ0v) is 11.1. The molecule has 0 amide bonds. The maximum absolute atomic E-state index is 9.72. The van der Waals surface area contributed by atoms with Gasteiger partial charge < -0.3 is 20.3 Å². The molecule has 2 unspecified atom stereocenters. The van der Waals surface area contributed by atoms with Crippen LogP contribution in [-0.2, 0) is 0 Å². The summed E-state index contributed by atoms with van der Waals surface area (Å²) in [5.41, 5.74) is 1.05. The standard InChI is InChI=1S/C14H23NO3/c1-3-12(16)8-15-9-13(17)10-18-14-7-5-4-6-11(14)2/h4-7,12-13,15-17H,3,8-10H2,1-2H3. The summed E-state index contributed by atoms with van der Waals surface area (Å²) in [6.45, 7) is 5.06. The largest absolute Gasteiger partial charge is 0.491 e. The fraction of sp³-hybridized carbons (Fsp3) is 0.571. The van der Waals surface area contributed by atoms with Crippen LogP contribution in [0.25, 0.3) is 0 Å². The van der Waals surface area contributed by atoms with Crippen molar-refractivity contribution in [3.63, 3.8) is 0 Å². The molecule has 1 aromatic carbocycles. The second kappa shape index (κ2) is 8.08. The Bertz CT molecular complexity index is 344. The number of para-hydroxylation sites is 1. The molecule has 1 aromatic rings. The van der Waals surface area contributed by atoms with Crippen LogP contribution in [0.3, 0.4) is 0 Å². The first-order chi connectivity index (χ1) is 8.63. The minimum absolute atomic E-state index is 0.250. The van der Waals surface area contributed by atoms with Crippen molar-refractivity contribution in [1.82, 2.24) is 5.32 Å². The molecule has 1 rings (SSSR count). The van der Waals surface area contributed by atoms with Crippen LogP contribution in [-0.4, -0.2) is 42.1 Å². The van der Waals surface area contributed by atoms with E-state index in [1.165, 1.54) is 0 Å². The van der Waals surface area contributed by atoms with Crippen molar-refractivity contribution in [3.8, 4) is 5.75 Å². The molecule has 0 radical (unpaired) electrons. The molecule has 0 heterocycles. The van der Waals surface area contributed by atoms with Crippen LogP contribution in [0.4, 0.5) is 0 Å². The van der Waals surface area contributed by atoms with Crippen molar-refractivity contribution in [2.75, 3.05) is 19.7 Å². The topological polar surface area (TPSA) is 61.7 Å². The summed E-state index contributed by atoms with van der Waals surface area (Å²) in [5.74, 6) is 0.796. The van der Waals surface area contributed by atoms with Crippen molar-refractivity contribution < 1.29 is 14.9 Å². The van der Waals surface area contributed by atoms with Crippen molar-refractivity contribution in [1.29, 1.82) is 0 Å². The number of aryl methyl sites for hydroxylation is 1. The number of ether oxygens (including phenoxy) is 1. The van der Waals surface area contributed by atoms with Gasteiger partial charge in [-0.25, -0.2) is 0 Å². The van der Waals surface area contributed by atoms with E-state index >= 15 is 0 Å². The van der Waals surface area contributed by atoms with Gasteiger partial charge in [0.05, 0.1) is 6.10 Å². The number of rotatable bonds is 8. The quantitative estimate of drug-likeness (QED) is 0.649. The van der Waals surface area contributed by atoms with E-state index < -0.39 is 6.10 Å². The van der Waals surface area contributed by atoms with Gasteiger partial charge in [0.1, 0.15) is 18.5 Å². The van der Waals surface area contributed by atoms with E-state index in [0.29, 0.717) is 19.5 Å². The molecular weight excluding hydrogens is 230 g/mol. The van der Waals surface area contributed by atoms with Gasteiger partial charge in [-0.3, -0.25) is 0 Å². The molecule has 3 N–H and O–H groups in total. The molecule has 0 spiro atoms. The van der Waals surface area contributed by atoms with Crippen LogP contribution < -0.4 is 10.1 Å².